The van der Waals surface area contributed by atoms with Crippen molar-refractivity contribution in [1.82, 2.24) is 19.9 Å². The fourth-order valence-corrected chi connectivity index (χ4v) is 4.20. The predicted octanol–water partition coefficient (Wildman–Crippen LogP) is 3.31. The SMILES string of the molecule is CCCN(C)Cc1cc2c3nc(c(=O)[nH]c3c1)-c1cccc(c1)C(=O)N(N)CCCCCO2. The number of hydrazine groups is 1. The van der Waals surface area contributed by atoms with E-state index in [-0.39, 0.29) is 17.2 Å². The summed E-state index contributed by atoms with van der Waals surface area (Å²) >= 11 is 0. The summed E-state index contributed by atoms with van der Waals surface area (Å²) in [5, 5.41) is 1.23. The fraction of sp³-hybridized carbons (Fsp3) is 0.400. The van der Waals surface area contributed by atoms with Crippen molar-refractivity contribution < 1.29 is 9.53 Å². The molecular formula is C25H31N5O3. The topological polar surface area (TPSA) is 105 Å². The smallest absolute Gasteiger partial charge is 0.274 e. The maximum atomic E-state index is 13.0. The number of aromatic amines is 1. The highest BCUT2D eigenvalue weighted by atomic mass is 16.5. The van der Waals surface area contributed by atoms with Gasteiger partial charge in [-0.1, -0.05) is 19.1 Å². The standard InChI is InChI=1S/C25H31N5O3/c1-3-10-29(2)16-17-13-20-23-21(14-17)33-12-6-4-5-11-30(26)25(32)19-9-7-8-18(15-19)22(28-23)24(31)27-20/h7-9,13-15H,3-6,10-12,16,26H2,1-2H3,(H,27,31). The first-order valence-electron chi connectivity index (χ1n) is 11.5. The molecule has 4 rings (SSSR count). The summed E-state index contributed by atoms with van der Waals surface area (Å²) in [5.74, 6) is 6.37. The lowest BCUT2D eigenvalue weighted by Crippen LogP contribution is -2.38. The van der Waals surface area contributed by atoms with Crippen molar-refractivity contribution in [2.75, 3.05) is 26.7 Å². The number of fused-ring (bicyclic) bond motifs is 4. The number of rotatable bonds is 4. The number of nitrogens with two attached hydrogens (primary N) is 1. The van der Waals surface area contributed by atoms with E-state index in [0.717, 1.165) is 44.3 Å². The molecule has 0 saturated carbocycles. The van der Waals surface area contributed by atoms with E-state index in [1.54, 1.807) is 24.3 Å². The molecule has 8 nitrogen and oxygen atoms in total. The zero-order chi connectivity index (χ0) is 23.4. The Morgan fingerprint density at radius 3 is 2.79 bits per heavy atom. The Labute approximate surface area is 193 Å². The number of benzene rings is 2. The molecule has 1 aliphatic rings. The lowest BCUT2D eigenvalue weighted by molar-refractivity contribution is 0.0752. The van der Waals surface area contributed by atoms with Gasteiger partial charge in [-0.15, -0.1) is 0 Å². The van der Waals surface area contributed by atoms with Gasteiger partial charge in [-0.25, -0.2) is 10.8 Å². The molecule has 0 saturated heterocycles. The highest BCUT2D eigenvalue weighted by Crippen LogP contribution is 2.28. The molecule has 0 atom stereocenters. The van der Waals surface area contributed by atoms with E-state index in [2.05, 4.69) is 23.9 Å². The monoisotopic (exact) mass is 449 g/mol. The van der Waals surface area contributed by atoms with Crippen molar-refractivity contribution in [2.45, 2.75) is 39.2 Å². The molecule has 0 radical (unpaired) electrons. The van der Waals surface area contributed by atoms with Crippen LogP contribution in [0.1, 0.15) is 48.5 Å². The molecular weight excluding hydrogens is 418 g/mol. The molecule has 3 aromatic rings. The number of nitrogens with one attached hydrogen (secondary N) is 1. The largest absolute Gasteiger partial charge is 0.491 e. The van der Waals surface area contributed by atoms with Gasteiger partial charge in [-0.2, -0.15) is 0 Å². The van der Waals surface area contributed by atoms with E-state index < -0.39 is 0 Å². The van der Waals surface area contributed by atoms with Crippen LogP contribution in [0, 0.1) is 0 Å². The van der Waals surface area contributed by atoms with Gasteiger partial charge in [0.25, 0.3) is 11.5 Å². The van der Waals surface area contributed by atoms with Crippen molar-refractivity contribution >= 4 is 16.9 Å². The Morgan fingerprint density at radius 1 is 1.15 bits per heavy atom. The van der Waals surface area contributed by atoms with Gasteiger partial charge >= 0.3 is 0 Å². The minimum Gasteiger partial charge on any atom is -0.491 e. The average Bonchev–Trinajstić information content (AvgIpc) is 2.80. The number of hydrogen-bond acceptors (Lipinski definition) is 6. The molecule has 8 heteroatoms. The number of aromatic nitrogens is 2. The molecule has 4 bridgehead atoms. The van der Waals surface area contributed by atoms with Crippen LogP contribution in [0.2, 0.25) is 0 Å². The molecule has 0 unspecified atom stereocenters. The van der Waals surface area contributed by atoms with Crippen LogP contribution >= 0.6 is 0 Å². The van der Waals surface area contributed by atoms with Gasteiger partial charge in [0.2, 0.25) is 0 Å². The number of carbonyl (C=O) groups excluding carboxylic acids is 1. The molecule has 1 amide bonds. The summed E-state index contributed by atoms with van der Waals surface area (Å²) in [6, 6.07) is 10.9. The molecule has 33 heavy (non-hydrogen) atoms. The van der Waals surface area contributed by atoms with Gasteiger partial charge in [-0.05, 0) is 69.1 Å². The van der Waals surface area contributed by atoms with Gasteiger partial charge in [-0.3, -0.25) is 14.6 Å². The third-order valence-electron chi connectivity index (χ3n) is 5.82. The normalized spacial score (nSPS) is 14.9. The third-order valence-corrected chi connectivity index (χ3v) is 5.82. The Balaban J connectivity index is 1.83. The van der Waals surface area contributed by atoms with Gasteiger partial charge in [0.15, 0.2) is 0 Å². The van der Waals surface area contributed by atoms with Gasteiger partial charge < -0.3 is 14.6 Å². The van der Waals surface area contributed by atoms with Crippen molar-refractivity contribution in [3.63, 3.8) is 0 Å². The van der Waals surface area contributed by atoms with E-state index in [4.69, 9.17) is 15.6 Å². The number of nitrogens with zero attached hydrogens (tertiary/aromatic N) is 3. The average molecular weight is 450 g/mol. The molecule has 174 valence electrons. The minimum absolute atomic E-state index is 0.247. The Bertz CT molecular complexity index is 1210. The van der Waals surface area contributed by atoms with E-state index >= 15 is 0 Å². The number of hydrogen-bond donors (Lipinski definition) is 2. The Morgan fingerprint density at radius 2 is 1.97 bits per heavy atom. The maximum Gasteiger partial charge on any atom is 0.274 e. The maximum absolute atomic E-state index is 13.0. The van der Waals surface area contributed by atoms with Crippen LogP contribution in [0.3, 0.4) is 0 Å². The molecule has 2 heterocycles. The van der Waals surface area contributed by atoms with Gasteiger partial charge in [0, 0.05) is 24.2 Å². The van der Waals surface area contributed by atoms with E-state index in [1.807, 2.05) is 12.1 Å². The Hall–Kier alpha value is -3.23. The predicted molar refractivity (Wildman–Crippen MR) is 129 cm³/mol. The molecule has 0 fully saturated rings. The van der Waals surface area contributed by atoms with Crippen molar-refractivity contribution in [3.05, 3.63) is 57.9 Å². The second kappa shape index (κ2) is 10.1. The first-order chi connectivity index (χ1) is 16.0. The van der Waals surface area contributed by atoms with Crippen LogP contribution in [0.5, 0.6) is 5.75 Å². The zero-order valence-corrected chi connectivity index (χ0v) is 19.3. The number of ether oxygens (including phenoxy) is 1. The van der Waals surface area contributed by atoms with Crippen LogP contribution in [0.4, 0.5) is 0 Å². The summed E-state index contributed by atoms with van der Waals surface area (Å²) in [6.07, 6.45) is 3.56. The summed E-state index contributed by atoms with van der Waals surface area (Å²) in [6.45, 7) is 4.86. The van der Waals surface area contributed by atoms with Crippen molar-refractivity contribution in [1.29, 1.82) is 0 Å². The van der Waals surface area contributed by atoms with Gasteiger partial charge in [0.05, 0.1) is 12.1 Å². The van der Waals surface area contributed by atoms with Crippen molar-refractivity contribution in [3.8, 4) is 17.0 Å². The molecule has 1 aliphatic heterocycles. The van der Waals surface area contributed by atoms with E-state index in [9.17, 15) is 9.59 Å². The number of H-pyrrole nitrogens is 1. The molecule has 0 spiro atoms. The van der Waals surface area contributed by atoms with Crippen LogP contribution in [0.25, 0.3) is 22.3 Å². The third kappa shape index (κ3) is 5.23. The fourth-order valence-electron chi connectivity index (χ4n) is 4.20. The van der Waals surface area contributed by atoms with Crippen LogP contribution in [-0.2, 0) is 6.54 Å². The van der Waals surface area contributed by atoms with Gasteiger partial charge in [0.1, 0.15) is 17.0 Å². The minimum atomic E-state index is -0.314. The summed E-state index contributed by atoms with van der Waals surface area (Å²) in [7, 11) is 2.08. The molecule has 1 aromatic heterocycles. The van der Waals surface area contributed by atoms with Crippen LogP contribution < -0.4 is 16.1 Å². The quantitative estimate of drug-likeness (QED) is 0.468. The zero-order valence-electron chi connectivity index (χ0n) is 19.3. The molecule has 2 aromatic carbocycles. The lowest BCUT2D eigenvalue weighted by atomic mass is 10.1. The second-order valence-corrected chi connectivity index (χ2v) is 8.63. The highest BCUT2D eigenvalue weighted by Gasteiger charge is 2.17. The van der Waals surface area contributed by atoms with Crippen LogP contribution in [0.15, 0.2) is 41.2 Å². The van der Waals surface area contributed by atoms with Crippen molar-refractivity contribution in [2.24, 2.45) is 5.84 Å². The highest BCUT2D eigenvalue weighted by molar-refractivity contribution is 5.95. The Kier molecular flexibility index (Phi) is 7.05. The summed E-state index contributed by atoms with van der Waals surface area (Å²) in [4.78, 5) is 35.6. The van der Waals surface area contributed by atoms with E-state index in [1.165, 1.54) is 5.01 Å². The lowest BCUT2D eigenvalue weighted by Gasteiger charge is -2.17. The summed E-state index contributed by atoms with van der Waals surface area (Å²) < 4.78 is 6.16. The number of carbonyl (C=O) groups is 1. The number of amides is 1. The summed E-state index contributed by atoms with van der Waals surface area (Å²) in [5.41, 5.74) is 3.23. The molecule has 0 aliphatic carbocycles. The first-order valence-corrected chi connectivity index (χ1v) is 11.5. The van der Waals surface area contributed by atoms with Crippen LogP contribution in [-0.4, -0.2) is 52.5 Å². The van der Waals surface area contributed by atoms with E-state index in [0.29, 0.717) is 41.1 Å². The first kappa shape index (κ1) is 22.9. The molecule has 3 N–H and O–H groups in total. The second-order valence-electron chi connectivity index (χ2n) is 8.63.